The maximum atomic E-state index is 13.0. The monoisotopic (exact) mass is 251 g/mol. The molecule has 0 aliphatic heterocycles. The van der Waals surface area contributed by atoms with Crippen molar-refractivity contribution in [3.8, 4) is 0 Å². The molecule has 100 valence electrons. The van der Waals surface area contributed by atoms with E-state index in [-0.39, 0.29) is 5.82 Å². The van der Waals surface area contributed by atoms with Crippen LogP contribution in [0.2, 0.25) is 0 Å². The topological polar surface area (TPSA) is 32.3 Å². The summed E-state index contributed by atoms with van der Waals surface area (Å²) in [6.07, 6.45) is 4.57. The molecule has 1 unspecified atom stereocenters. The lowest BCUT2D eigenvalue weighted by Crippen LogP contribution is -2.35. The van der Waals surface area contributed by atoms with Crippen LogP contribution in [-0.2, 0) is 0 Å². The molecule has 0 saturated heterocycles. The van der Waals surface area contributed by atoms with E-state index in [1.54, 1.807) is 12.1 Å². The highest BCUT2D eigenvalue weighted by Crippen LogP contribution is 2.27. The molecule has 0 radical (unpaired) electrons. The van der Waals surface area contributed by atoms with E-state index in [2.05, 4.69) is 12.2 Å². The normalized spacial score (nSPS) is 19.9. The molecule has 1 saturated carbocycles. The summed E-state index contributed by atoms with van der Waals surface area (Å²) < 4.78 is 13.0. The Labute approximate surface area is 108 Å². The molecule has 3 heteroatoms. The van der Waals surface area contributed by atoms with Gasteiger partial charge in [0.1, 0.15) is 5.82 Å². The summed E-state index contributed by atoms with van der Waals surface area (Å²) in [4.78, 5) is 0. The Kier molecular flexibility index (Phi) is 4.72. The van der Waals surface area contributed by atoms with Gasteiger partial charge >= 0.3 is 0 Å². The molecular weight excluding hydrogens is 229 g/mol. The van der Waals surface area contributed by atoms with Crippen molar-refractivity contribution in [1.82, 2.24) is 5.32 Å². The minimum Gasteiger partial charge on any atom is -0.387 e. The molecule has 1 aromatic rings. The molecule has 0 amide bonds. The molecule has 2 N–H and O–H groups in total. The standard InChI is InChI=1S/C15H22FNO/c1-11(12-5-2-3-6-12)17-10-15(18)13-7-4-8-14(16)9-13/h4,7-9,11-12,15,17-18H,2-3,5-6,10H2,1H3/t11-,15?/m1/s1. The summed E-state index contributed by atoms with van der Waals surface area (Å²) in [6.45, 7) is 2.66. The van der Waals surface area contributed by atoms with Gasteiger partial charge < -0.3 is 10.4 Å². The van der Waals surface area contributed by atoms with E-state index in [9.17, 15) is 9.50 Å². The van der Waals surface area contributed by atoms with E-state index in [1.165, 1.54) is 37.8 Å². The molecular formula is C15H22FNO. The van der Waals surface area contributed by atoms with Crippen LogP contribution in [0.15, 0.2) is 24.3 Å². The van der Waals surface area contributed by atoms with Crippen LogP contribution >= 0.6 is 0 Å². The van der Waals surface area contributed by atoms with E-state index < -0.39 is 6.10 Å². The maximum Gasteiger partial charge on any atom is 0.123 e. The number of aliphatic hydroxyl groups excluding tert-OH is 1. The van der Waals surface area contributed by atoms with Gasteiger partial charge in [0.15, 0.2) is 0 Å². The first-order chi connectivity index (χ1) is 8.66. The maximum absolute atomic E-state index is 13.0. The Balaban J connectivity index is 1.82. The largest absolute Gasteiger partial charge is 0.387 e. The Bertz CT molecular complexity index is 377. The molecule has 18 heavy (non-hydrogen) atoms. The van der Waals surface area contributed by atoms with Crippen molar-refractivity contribution in [2.24, 2.45) is 5.92 Å². The predicted octanol–water partition coefficient (Wildman–Crippen LogP) is 3.03. The number of aliphatic hydroxyl groups is 1. The second-order valence-corrected chi connectivity index (χ2v) is 5.31. The van der Waals surface area contributed by atoms with Crippen LogP contribution in [0.25, 0.3) is 0 Å². The highest BCUT2D eigenvalue weighted by atomic mass is 19.1. The number of hydrogen-bond donors (Lipinski definition) is 2. The summed E-state index contributed by atoms with van der Waals surface area (Å²) >= 11 is 0. The van der Waals surface area contributed by atoms with Crippen LogP contribution in [0.4, 0.5) is 4.39 Å². The highest BCUT2D eigenvalue weighted by molar-refractivity contribution is 5.18. The zero-order valence-corrected chi connectivity index (χ0v) is 10.9. The average Bonchev–Trinajstić information content (AvgIpc) is 2.89. The van der Waals surface area contributed by atoms with Gasteiger partial charge in [-0.05, 0) is 43.4 Å². The van der Waals surface area contributed by atoms with Crippen molar-refractivity contribution in [2.45, 2.75) is 44.8 Å². The molecule has 0 bridgehead atoms. The van der Waals surface area contributed by atoms with Crippen molar-refractivity contribution in [1.29, 1.82) is 0 Å². The van der Waals surface area contributed by atoms with E-state index in [0.29, 0.717) is 18.2 Å². The molecule has 2 rings (SSSR count). The Hall–Kier alpha value is -0.930. The predicted molar refractivity (Wildman–Crippen MR) is 70.8 cm³/mol. The highest BCUT2D eigenvalue weighted by Gasteiger charge is 2.21. The third-order valence-corrected chi connectivity index (χ3v) is 3.97. The Morgan fingerprint density at radius 2 is 2.11 bits per heavy atom. The van der Waals surface area contributed by atoms with Crippen LogP contribution in [-0.4, -0.2) is 17.7 Å². The van der Waals surface area contributed by atoms with Crippen LogP contribution in [0, 0.1) is 11.7 Å². The molecule has 1 aromatic carbocycles. The van der Waals surface area contributed by atoms with Gasteiger partial charge in [-0.1, -0.05) is 25.0 Å². The van der Waals surface area contributed by atoms with Crippen LogP contribution in [0.1, 0.15) is 44.3 Å². The third kappa shape index (κ3) is 3.53. The SMILES string of the molecule is C[C@@H](NCC(O)c1cccc(F)c1)C1CCCC1. The zero-order valence-electron chi connectivity index (χ0n) is 10.9. The van der Waals surface area contributed by atoms with Crippen molar-refractivity contribution in [3.63, 3.8) is 0 Å². The first kappa shape index (κ1) is 13.5. The Morgan fingerprint density at radius 1 is 1.39 bits per heavy atom. The second kappa shape index (κ2) is 6.30. The van der Waals surface area contributed by atoms with E-state index in [0.717, 1.165) is 5.92 Å². The fraction of sp³-hybridized carbons (Fsp3) is 0.600. The number of benzene rings is 1. The molecule has 0 heterocycles. The van der Waals surface area contributed by atoms with Crippen molar-refractivity contribution in [2.75, 3.05) is 6.54 Å². The van der Waals surface area contributed by atoms with Gasteiger partial charge in [-0.3, -0.25) is 0 Å². The van der Waals surface area contributed by atoms with Gasteiger partial charge in [-0.25, -0.2) is 4.39 Å². The van der Waals surface area contributed by atoms with E-state index in [1.807, 2.05) is 0 Å². The van der Waals surface area contributed by atoms with Gasteiger partial charge in [-0.15, -0.1) is 0 Å². The summed E-state index contributed by atoms with van der Waals surface area (Å²) in [7, 11) is 0. The lowest BCUT2D eigenvalue weighted by Gasteiger charge is -2.22. The van der Waals surface area contributed by atoms with Gasteiger partial charge in [-0.2, -0.15) is 0 Å². The zero-order chi connectivity index (χ0) is 13.0. The number of halogens is 1. The first-order valence-electron chi connectivity index (χ1n) is 6.83. The van der Waals surface area contributed by atoms with Crippen molar-refractivity contribution >= 4 is 0 Å². The quantitative estimate of drug-likeness (QED) is 0.843. The lowest BCUT2D eigenvalue weighted by molar-refractivity contribution is 0.165. The molecule has 2 nitrogen and oxygen atoms in total. The van der Waals surface area contributed by atoms with E-state index in [4.69, 9.17) is 0 Å². The molecule has 1 aliphatic rings. The van der Waals surface area contributed by atoms with E-state index >= 15 is 0 Å². The number of rotatable bonds is 5. The lowest BCUT2D eigenvalue weighted by atomic mass is 9.99. The summed E-state index contributed by atoms with van der Waals surface area (Å²) in [5, 5.41) is 13.4. The summed E-state index contributed by atoms with van der Waals surface area (Å²) in [6, 6.07) is 6.61. The van der Waals surface area contributed by atoms with Crippen LogP contribution < -0.4 is 5.32 Å². The smallest absolute Gasteiger partial charge is 0.123 e. The molecule has 0 aromatic heterocycles. The number of nitrogens with one attached hydrogen (secondary N) is 1. The van der Waals surface area contributed by atoms with Gasteiger partial charge in [0, 0.05) is 12.6 Å². The minimum atomic E-state index is -0.635. The van der Waals surface area contributed by atoms with Gasteiger partial charge in [0.25, 0.3) is 0 Å². The average molecular weight is 251 g/mol. The fourth-order valence-corrected chi connectivity index (χ4v) is 2.75. The number of hydrogen-bond acceptors (Lipinski definition) is 2. The van der Waals surface area contributed by atoms with Gasteiger partial charge in [0.05, 0.1) is 6.10 Å². The summed E-state index contributed by atoms with van der Waals surface area (Å²) in [5.74, 6) is 0.431. The molecule has 1 fully saturated rings. The molecule has 0 spiro atoms. The molecule has 1 aliphatic carbocycles. The fourth-order valence-electron chi connectivity index (χ4n) is 2.75. The first-order valence-corrected chi connectivity index (χ1v) is 6.83. The summed E-state index contributed by atoms with van der Waals surface area (Å²) in [5.41, 5.74) is 0.640. The van der Waals surface area contributed by atoms with Crippen LogP contribution in [0.3, 0.4) is 0 Å². The second-order valence-electron chi connectivity index (χ2n) is 5.31. The Morgan fingerprint density at radius 3 is 2.78 bits per heavy atom. The van der Waals surface area contributed by atoms with Crippen LogP contribution in [0.5, 0.6) is 0 Å². The molecule has 2 atom stereocenters. The van der Waals surface area contributed by atoms with Gasteiger partial charge in [0.2, 0.25) is 0 Å². The van der Waals surface area contributed by atoms with Crippen molar-refractivity contribution < 1.29 is 9.50 Å². The third-order valence-electron chi connectivity index (χ3n) is 3.97. The van der Waals surface area contributed by atoms with Crippen molar-refractivity contribution in [3.05, 3.63) is 35.6 Å². The minimum absolute atomic E-state index is 0.296.